The van der Waals surface area contributed by atoms with Crippen LogP contribution in [0.15, 0.2) is 0 Å². The highest BCUT2D eigenvalue weighted by Gasteiger charge is 2.12. The predicted molar refractivity (Wildman–Crippen MR) is 42.5 cm³/mol. The molecule has 0 heterocycles. The van der Waals surface area contributed by atoms with Crippen molar-refractivity contribution in [3.8, 4) is 12.3 Å². The first-order chi connectivity index (χ1) is 4.76. The molecule has 10 heavy (non-hydrogen) atoms. The molecule has 0 aliphatic rings. The smallest absolute Gasteiger partial charge is 0.0927 e. The minimum absolute atomic E-state index is 0.0231. The lowest BCUT2D eigenvalue weighted by Gasteiger charge is -2.17. The Balaban J connectivity index is 3.71. The van der Waals surface area contributed by atoms with E-state index in [0.29, 0.717) is 6.61 Å². The minimum atomic E-state index is -0.259. The van der Waals surface area contributed by atoms with E-state index in [4.69, 9.17) is 16.9 Å². The van der Waals surface area contributed by atoms with E-state index in [1.807, 2.05) is 13.8 Å². The zero-order valence-electron chi connectivity index (χ0n) is 6.63. The summed E-state index contributed by atoms with van der Waals surface area (Å²) >= 11 is 0. The van der Waals surface area contributed by atoms with E-state index in [1.165, 1.54) is 0 Å². The van der Waals surface area contributed by atoms with Gasteiger partial charge in [-0.1, -0.05) is 12.8 Å². The number of ether oxygens (including phenoxy) is 1. The first-order valence-corrected chi connectivity index (χ1v) is 3.59. The Hall–Kier alpha value is -0.520. The molecule has 0 radical (unpaired) electrons. The summed E-state index contributed by atoms with van der Waals surface area (Å²) in [6.07, 6.45) is 6.02. The molecule has 2 atom stereocenters. The van der Waals surface area contributed by atoms with Gasteiger partial charge in [0.15, 0.2) is 0 Å². The normalized spacial score (nSPS) is 15.8. The lowest BCUT2D eigenvalue weighted by atomic mass is 10.1. The summed E-state index contributed by atoms with van der Waals surface area (Å²) in [5, 5.41) is 0. The lowest BCUT2D eigenvalue weighted by Crippen LogP contribution is -2.34. The monoisotopic (exact) mass is 141 g/mol. The van der Waals surface area contributed by atoms with E-state index in [1.54, 1.807) is 0 Å². The molecule has 0 amide bonds. The molecular formula is C8H15NO. The van der Waals surface area contributed by atoms with Crippen molar-refractivity contribution >= 4 is 0 Å². The molecule has 0 saturated carbocycles. The van der Waals surface area contributed by atoms with Gasteiger partial charge in [0, 0.05) is 6.61 Å². The highest BCUT2D eigenvalue weighted by atomic mass is 16.5. The van der Waals surface area contributed by atoms with Gasteiger partial charge in [0.2, 0.25) is 0 Å². The number of nitrogens with two attached hydrogens (primary N) is 1. The van der Waals surface area contributed by atoms with Crippen LogP contribution in [0.4, 0.5) is 0 Å². The molecule has 0 aliphatic carbocycles. The van der Waals surface area contributed by atoms with E-state index in [0.717, 1.165) is 6.42 Å². The van der Waals surface area contributed by atoms with Crippen LogP contribution in [-0.2, 0) is 4.74 Å². The highest BCUT2D eigenvalue weighted by Crippen LogP contribution is 2.00. The van der Waals surface area contributed by atoms with Gasteiger partial charge >= 0.3 is 0 Å². The Kier molecular flexibility index (Phi) is 5.00. The van der Waals surface area contributed by atoms with Gasteiger partial charge in [0.05, 0.1) is 12.1 Å². The average Bonchev–Trinajstić information content (AvgIpc) is 1.99. The van der Waals surface area contributed by atoms with E-state index in [2.05, 4.69) is 5.92 Å². The number of hydrogen-bond acceptors (Lipinski definition) is 2. The van der Waals surface area contributed by atoms with Crippen LogP contribution in [0.3, 0.4) is 0 Å². The third kappa shape index (κ3) is 2.86. The molecule has 2 N–H and O–H groups in total. The first-order valence-electron chi connectivity index (χ1n) is 3.59. The van der Waals surface area contributed by atoms with E-state index in [-0.39, 0.29) is 12.1 Å². The van der Waals surface area contributed by atoms with Crippen LogP contribution in [0, 0.1) is 12.3 Å². The third-order valence-electron chi connectivity index (χ3n) is 1.38. The summed E-state index contributed by atoms with van der Waals surface area (Å²) in [4.78, 5) is 0. The number of terminal acetylenes is 1. The van der Waals surface area contributed by atoms with Gasteiger partial charge in [-0.3, -0.25) is 0 Å². The van der Waals surface area contributed by atoms with Gasteiger partial charge in [-0.2, -0.15) is 0 Å². The Morgan fingerprint density at radius 1 is 1.60 bits per heavy atom. The molecule has 0 saturated heterocycles. The second-order valence-electron chi connectivity index (χ2n) is 2.09. The van der Waals surface area contributed by atoms with Gasteiger partial charge < -0.3 is 10.5 Å². The van der Waals surface area contributed by atoms with Crippen molar-refractivity contribution in [1.29, 1.82) is 0 Å². The standard InChI is InChI=1S/C8H15NO/c1-4-7(9)8(5-2)10-6-3/h1,7-8H,5-6,9H2,2-3H3. The van der Waals surface area contributed by atoms with E-state index in [9.17, 15) is 0 Å². The average molecular weight is 141 g/mol. The Bertz CT molecular complexity index is 117. The molecule has 0 bridgehead atoms. The van der Waals surface area contributed by atoms with Gasteiger partial charge in [0.25, 0.3) is 0 Å². The van der Waals surface area contributed by atoms with Crippen LogP contribution in [0.1, 0.15) is 20.3 Å². The minimum Gasteiger partial charge on any atom is -0.376 e. The quantitative estimate of drug-likeness (QED) is 0.587. The van der Waals surface area contributed by atoms with Crippen LogP contribution in [0.2, 0.25) is 0 Å². The maximum Gasteiger partial charge on any atom is 0.0927 e. The van der Waals surface area contributed by atoms with Crippen molar-refractivity contribution in [2.45, 2.75) is 32.4 Å². The van der Waals surface area contributed by atoms with E-state index >= 15 is 0 Å². The van der Waals surface area contributed by atoms with Crippen LogP contribution < -0.4 is 5.73 Å². The summed E-state index contributed by atoms with van der Waals surface area (Å²) in [5.41, 5.74) is 5.55. The summed E-state index contributed by atoms with van der Waals surface area (Å²) in [6.45, 7) is 4.62. The molecule has 0 fully saturated rings. The van der Waals surface area contributed by atoms with Gasteiger partial charge in [-0.15, -0.1) is 6.42 Å². The van der Waals surface area contributed by atoms with Crippen LogP contribution in [-0.4, -0.2) is 18.8 Å². The molecule has 2 nitrogen and oxygen atoms in total. The van der Waals surface area contributed by atoms with Crippen molar-refractivity contribution in [2.75, 3.05) is 6.61 Å². The maximum atomic E-state index is 5.55. The van der Waals surface area contributed by atoms with Crippen LogP contribution in [0.5, 0.6) is 0 Å². The van der Waals surface area contributed by atoms with Gasteiger partial charge in [-0.05, 0) is 13.3 Å². The second-order valence-corrected chi connectivity index (χ2v) is 2.09. The van der Waals surface area contributed by atoms with Gasteiger partial charge in [-0.25, -0.2) is 0 Å². The Morgan fingerprint density at radius 3 is 2.50 bits per heavy atom. The highest BCUT2D eigenvalue weighted by molar-refractivity contribution is 5.00. The summed E-state index contributed by atoms with van der Waals surface area (Å²) in [7, 11) is 0. The third-order valence-corrected chi connectivity index (χ3v) is 1.38. The molecule has 0 aromatic carbocycles. The fourth-order valence-electron chi connectivity index (χ4n) is 0.797. The topological polar surface area (TPSA) is 35.2 Å². The van der Waals surface area contributed by atoms with Crippen molar-refractivity contribution < 1.29 is 4.74 Å². The molecule has 0 rings (SSSR count). The Labute approximate surface area is 62.7 Å². The zero-order valence-corrected chi connectivity index (χ0v) is 6.63. The molecule has 0 aromatic rings. The van der Waals surface area contributed by atoms with Crippen LogP contribution in [0.25, 0.3) is 0 Å². The van der Waals surface area contributed by atoms with Gasteiger partial charge in [0.1, 0.15) is 0 Å². The molecule has 0 aromatic heterocycles. The van der Waals surface area contributed by atoms with Crippen LogP contribution >= 0.6 is 0 Å². The largest absolute Gasteiger partial charge is 0.376 e. The van der Waals surface area contributed by atoms with Crippen molar-refractivity contribution in [3.63, 3.8) is 0 Å². The SMILES string of the molecule is C#CC(N)C(CC)OCC. The molecule has 0 aliphatic heterocycles. The number of rotatable bonds is 4. The fourth-order valence-corrected chi connectivity index (χ4v) is 0.797. The summed E-state index contributed by atoms with van der Waals surface area (Å²) in [5.74, 6) is 2.45. The molecule has 58 valence electrons. The van der Waals surface area contributed by atoms with Crippen molar-refractivity contribution in [1.82, 2.24) is 0 Å². The molecule has 2 heteroatoms. The number of hydrogen-bond donors (Lipinski definition) is 1. The zero-order chi connectivity index (χ0) is 7.98. The fraction of sp³-hybridized carbons (Fsp3) is 0.750. The second kappa shape index (κ2) is 5.28. The Morgan fingerprint density at radius 2 is 2.20 bits per heavy atom. The van der Waals surface area contributed by atoms with E-state index < -0.39 is 0 Å². The lowest BCUT2D eigenvalue weighted by molar-refractivity contribution is 0.0536. The summed E-state index contributed by atoms with van der Waals surface area (Å²) in [6, 6.07) is -0.259. The molecule has 0 spiro atoms. The molecular weight excluding hydrogens is 126 g/mol. The van der Waals surface area contributed by atoms with Crippen molar-refractivity contribution in [3.05, 3.63) is 0 Å². The first kappa shape index (κ1) is 9.48. The summed E-state index contributed by atoms with van der Waals surface area (Å²) < 4.78 is 5.28. The molecule has 2 unspecified atom stereocenters. The predicted octanol–water partition coefficient (Wildman–Crippen LogP) is 0.762. The maximum absolute atomic E-state index is 5.55. The van der Waals surface area contributed by atoms with Crippen molar-refractivity contribution in [2.24, 2.45) is 5.73 Å².